The summed E-state index contributed by atoms with van der Waals surface area (Å²) in [6.45, 7) is 0.833. The molecule has 6 nitrogen and oxygen atoms in total. The van der Waals surface area contributed by atoms with Crippen LogP contribution in [-0.4, -0.2) is 15.0 Å². The molecule has 36 heavy (non-hydrogen) atoms. The molecule has 1 N–H and O–H groups in total. The van der Waals surface area contributed by atoms with Gasteiger partial charge >= 0.3 is 11.9 Å². The first-order valence-electron chi connectivity index (χ1n) is 10.6. The second-order valence-corrected chi connectivity index (χ2v) is 8.10. The molecule has 186 valence electrons. The minimum atomic E-state index is -4.55. The van der Waals surface area contributed by atoms with Crippen molar-refractivity contribution in [3.05, 3.63) is 110 Å². The zero-order valence-electron chi connectivity index (χ0n) is 18.7. The van der Waals surface area contributed by atoms with E-state index in [4.69, 9.17) is 0 Å². The van der Waals surface area contributed by atoms with Crippen LogP contribution in [0.5, 0.6) is 0 Å². The largest absolute Gasteiger partial charge is 0.416 e. The van der Waals surface area contributed by atoms with Gasteiger partial charge in [0.1, 0.15) is 18.2 Å². The van der Waals surface area contributed by atoms with Crippen molar-refractivity contribution in [1.29, 1.82) is 0 Å². The molecule has 0 saturated carbocycles. The molecular weight excluding hydrogens is 485 g/mol. The number of nitrogens with one attached hydrogen (secondary N) is 1. The van der Waals surface area contributed by atoms with Gasteiger partial charge in [-0.3, -0.25) is 14.2 Å². The van der Waals surface area contributed by atoms with E-state index in [0.717, 1.165) is 28.8 Å². The van der Waals surface area contributed by atoms with Crippen LogP contribution in [-0.2, 0) is 24.1 Å². The van der Waals surface area contributed by atoms with Crippen molar-refractivity contribution in [2.45, 2.75) is 26.2 Å². The summed E-state index contributed by atoms with van der Waals surface area (Å²) in [7, 11) is 0. The maximum Gasteiger partial charge on any atom is 0.416 e. The Hall–Kier alpha value is -4.28. The van der Waals surface area contributed by atoms with Crippen molar-refractivity contribution < 1.29 is 26.7 Å². The van der Waals surface area contributed by atoms with E-state index in [1.54, 1.807) is 13.0 Å². The van der Waals surface area contributed by atoms with Crippen LogP contribution in [0.4, 0.5) is 22.0 Å². The summed E-state index contributed by atoms with van der Waals surface area (Å²) < 4.78 is 68.2. The summed E-state index contributed by atoms with van der Waals surface area (Å²) in [5.41, 5.74) is -2.33. The summed E-state index contributed by atoms with van der Waals surface area (Å²) in [4.78, 5) is 39.0. The Labute approximate surface area is 200 Å². The molecule has 0 spiro atoms. The Morgan fingerprint density at radius 1 is 0.972 bits per heavy atom. The molecule has 0 aliphatic carbocycles. The molecule has 0 atom stereocenters. The first kappa shape index (κ1) is 24.8. The maximum absolute atomic E-state index is 14.5. The first-order chi connectivity index (χ1) is 17.0. The zero-order valence-corrected chi connectivity index (χ0v) is 18.7. The van der Waals surface area contributed by atoms with Gasteiger partial charge in [0.2, 0.25) is 5.91 Å². The number of hydrogen-bond donors (Lipinski definition) is 1. The van der Waals surface area contributed by atoms with Crippen molar-refractivity contribution in [2.75, 3.05) is 0 Å². The molecule has 3 aromatic carbocycles. The molecule has 1 heterocycles. The number of nitrogens with zero attached hydrogens (tertiary/aromatic N) is 2. The molecule has 4 aromatic rings. The Morgan fingerprint density at radius 2 is 1.72 bits per heavy atom. The predicted molar refractivity (Wildman–Crippen MR) is 122 cm³/mol. The lowest BCUT2D eigenvalue weighted by molar-refractivity contribution is -0.137. The highest BCUT2D eigenvalue weighted by atomic mass is 19.4. The highest BCUT2D eigenvalue weighted by molar-refractivity contribution is 5.82. The smallest absolute Gasteiger partial charge is 0.350 e. The average molecular weight is 503 g/mol. The second kappa shape index (κ2) is 9.40. The maximum atomic E-state index is 14.5. The van der Waals surface area contributed by atoms with Gasteiger partial charge in [-0.05, 0) is 48.9 Å². The lowest BCUT2D eigenvalue weighted by atomic mass is 10.1. The fourth-order valence-corrected chi connectivity index (χ4v) is 3.77. The number of benzene rings is 3. The number of aryl methyl sites for hydroxylation is 1. The van der Waals surface area contributed by atoms with Gasteiger partial charge in [0, 0.05) is 12.6 Å². The Bertz CT molecular complexity index is 1610. The number of carbonyl (C=O) groups is 1. The standard InChI is InChI=1S/C25H18F5N3O3/c1-14-5-7-20-18(9-14)23(35)33(21-8-6-17(26)11-19(21)27)24(36)32(20)13-22(34)31-12-15-3-2-4-16(10-15)25(28,29)30/h2-11H,12-13H2,1H3,(H,31,34). The molecular formula is C25H18F5N3O3. The fraction of sp³-hybridized carbons (Fsp3) is 0.160. The lowest BCUT2D eigenvalue weighted by Gasteiger charge is -2.15. The Balaban J connectivity index is 1.73. The fourth-order valence-electron chi connectivity index (χ4n) is 3.77. The van der Waals surface area contributed by atoms with Gasteiger partial charge in [0.15, 0.2) is 0 Å². The highest BCUT2D eigenvalue weighted by Crippen LogP contribution is 2.29. The first-order valence-corrected chi connectivity index (χ1v) is 10.6. The summed E-state index contributed by atoms with van der Waals surface area (Å²) in [6.07, 6.45) is -4.55. The van der Waals surface area contributed by atoms with Gasteiger partial charge in [0.05, 0.1) is 22.2 Å². The topological polar surface area (TPSA) is 73.1 Å². The van der Waals surface area contributed by atoms with Crippen LogP contribution in [0.25, 0.3) is 16.6 Å². The molecule has 0 saturated heterocycles. The third-order valence-electron chi connectivity index (χ3n) is 5.49. The van der Waals surface area contributed by atoms with Crippen molar-refractivity contribution >= 4 is 16.8 Å². The van der Waals surface area contributed by atoms with Crippen LogP contribution in [0.2, 0.25) is 0 Å². The normalized spacial score (nSPS) is 11.6. The SMILES string of the molecule is Cc1ccc2c(c1)c(=O)n(-c1ccc(F)cc1F)c(=O)n2CC(=O)NCc1cccc(C(F)(F)F)c1. The highest BCUT2D eigenvalue weighted by Gasteiger charge is 2.30. The van der Waals surface area contributed by atoms with Gasteiger partial charge in [-0.25, -0.2) is 18.1 Å². The Morgan fingerprint density at radius 3 is 2.42 bits per heavy atom. The van der Waals surface area contributed by atoms with E-state index in [9.17, 15) is 36.3 Å². The van der Waals surface area contributed by atoms with Gasteiger partial charge in [-0.2, -0.15) is 13.2 Å². The van der Waals surface area contributed by atoms with E-state index in [0.29, 0.717) is 16.2 Å². The van der Waals surface area contributed by atoms with E-state index in [2.05, 4.69) is 5.32 Å². The molecule has 0 aliphatic heterocycles. The minimum absolute atomic E-state index is 0.0176. The summed E-state index contributed by atoms with van der Waals surface area (Å²) in [6, 6.07) is 11.3. The van der Waals surface area contributed by atoms with Crippen LogP contribution < -0.4 is 16.6 Å². The van der Waals surface area contributed by atoms with Gasteiger partial charge in [-0.1, -0.05) is 23.8 Å². The van der Waals surface area contributed by atoms with Crippen LogP contribution >= 0.6 is 0 Å². The van der Waals surface area contributed by atoms with Gasteiger partial charge in [0.25, 0.3) is 5.56 Å². The molecule has 11 heteroatoms. The number of halogens is 5. The van der Waals surface area contributed by atoms with E-state index in [1.165, 1.54) is 24.3 Å². The number of fused-ring (bicyclic) bond motifs is 1. The van der Waals surface area contributed by atoms with Crippen molar-refractivity contribution in [3.8, 4) is 5.69 Å². The van der Waals surface area contributed by atoms with E-state index in [-0.39, 0.29) is 23.0 Å². The van der Waals surface area contributed by atoms with Crippen LogP contribution in [0.3, 0.4) is 0 Å². The zero-order chi connectivity index (χ0) is 26.2. The molecule has 0 bridgehead atoms. The molecule has 0 radical (unpaired) electrons. The van der Waals surface area contributed by atoms with E-state index < -0.39 is 52.8 Å². The van der Waals surface area contributed by atoms with Crippen LogP contribution in [0, 0.1) is 18.6 Å². The number of alkyl halides is 3. The van der Waals surface area contributed by atoms with Crippen LogP contribution in [0.15, 0.2) is 70.3 Å². The average Bonchev–Trinajstić information content (AvgIpc) is 2.81. The number of amides is 1. The van der Waals surface area contributed by atoms with Crippen molar-refractivity contribution in [1.82, 2.24) is 14.5 Å². The minimum Gasteiger partial charge on any atom is -0.350 e. The van der Waals surface area contributed by atoms with Gasteiger partial charge in [-0.15, -0.1) is 0 Å². The van der Waals surface area contributed by atoms with Gasteiger partial charge < -0.3 is 5.32 Å². The third kappa shape index (κ3) is 4.90. The molecule has 0 fully saturated rings. The molecule has 0 unspecified atom stereocenters. The van der Waals surface area contributed by atoms with Crippen LogP contribution in [0.1, 0.15) is 16.7 Å². The van der Waals surface area contributed by atoms with Crippen molar-refractivity contribution in [2.24, 2.45) is 0 Å². The Kier molecular flexibility index (Phi) is 6.49. The third-order valence-corrected chi connectivity index (χ3v) is 5.49. The second-order valence-electron chi connectivity index (χ2n) is 8.10. The van der Waals surface area contributed by atoms with E-state index >= 15 is 0 Å². The number of hydrogen-bond acceptors (Lipinski definition) is 3. The summed E-state index contributed by atoms with van der Waals surface area (Å²) in [5, 5.41) is 2.46. The number of carbonyl (C=O) groups excluding carboxylic acids is 1. The quantitative estimate of drug-likeness (QED) is 0.418. The molecule has 0 aliphatic rings. The molecule has 1 aromatic heterocycles. The van der Waals surface area contributed by atoms with Crippen molar-refractivity contribution in [3.63, 3.8) is 0 Å². The lowest BCUT2D eigenvalue weighted by Crippen LogP contribution is -2.42. The number of aromatic nitrogens is 2. The monoisotopic (exact) mass is 503 g/mol. The number of rotatable bonds is 5. The summed E-state index contributed by atoms with van der Waals surface area (Å²) in [5.74, 6) is -2.79. The molecule has 4 rings (SSSR count). The van der Waals surface area contributed by atoms with E-state index in [1.807, 2.05) is 0 Å². The summed E-state index contributed by atoms with van der Waals surface area (Å²) >= 11 is 0. The predicted octanol–water partition coefficient (Wildman–Crippen LogP) is 4.07. The molecule has 1 amide bonds.